The Balaban J connectivity index is 4.03. The minimum atomic E-state index is -0.153. The van der Waals surface area contributed by atoms with Gasteiger partial charge in [0, 0.05) is 11.8 Å². The van der Waals surface area contributed by atoms with Gasteiger partial charge in [-0.05, 0) is 33.8 Å². The maximum atomic E-state index is 10.4. The van der Waals surface area contributed by atoms with Crippen molar-refractivity contribution in [2.75, 3.05) is 0 Å². The number of aldehydes is 1. The molecule has 0 aromatic rings. The number of ether oxygens (including phenoxy) is 1. The van der Waals surface area contributed by atoms with Crippen LogP contribution in [-0.2, 0) is 9.53 Å². The van der Waals surface area contributed by atoms with Crippen molar-refractivity contribution in [1.82, 2.24) is 0 Å². The minimum absolute atomic E-state index is 0.153. The molecule has 0 fully saturated rings. The fourth-order valence-electron chi connectivity index (χ4n) is 0.958. The van der Waals surface area contributed by atoms with Gasteiger partial charge in [-0.1, -0.05) is 12.2 Å². The summed E-state index contributed by atoms with van der Waals surface area (Å²) in [5, 5.41) is 0. The molecule has 0 amide bonds. The number of carbonyl (C=O) groups excluding carboxylic acids is 1. The van der Waals surface area contributed by atoms with Crippen LogP contribution in [0.2, 0.25) is 0 Å². The Morgan fingerprint density at radius 1 is 1.33 bits per heavy atom. The third-order valence-corrected chi connectivity index (χ3v) is 1.61. The lowest BCUT2D eigenvalue weighted by Crippen LogP contribution is -2.11. The van der Waals surface area contributed by atoms with E-state index in [1.165, 1.54) is 0 Å². The zero-order valence-electron chi connectivity index (χ0n) is 9.81. The van der Waals surface area contributed by atoms with Gasteiger partial charge in [0.2, 0.25) is 0 Å². The normalized spacial score (nSPS) is 15.4. The highest BCUT2D eigenvalue weighted by molar-refractivity contribution is 5.81. The van der Waals surface area contributed by atoms with E-state index < -0.39 is 0 Å². The molecule has 0 aromatic heterocycles. The summed E-state index contributed by atoms with van der Waals surface area (Å²) in [7, 11) is 0. The summed E-state index contributed by atoms with van der Waals surface area (Å²) in [5.74, 6) is 0. The fraction of sp³-hybridized carbons (Fsp3) is 0.500. The predicted octanol–water partition coefficient (Wildman–Crippen LogP) is 2.53. The first kappa shape index (κ1) is 13.8. The third kappa shape index (κ3) is 7.82. The van der Waals surface area contributed by atoms with E-state index >= 15 is 0 Å². The number of hydrogen-bond donors (Lipinski definition) is 0. The van der Waals surface area contributed by atoms with Crippen molar-refractivity contribution in [2.24, 2.45) is 4.99 Å². The zero-order chi connectivity index (χ0) is 11.7. The van der Waals surface area contributed by atoms with Gasteiger partial charge in [0.05, 0.1) is 6.10 Å². The first-order valence-corrected chi connectivity index (χ1v) is 5.07. The topological polar surface area (TPSA) is 38.7 Å². The Morgan fingerprint density at radius 2 is 2.00 bits per heavy atom. The number of carbonyl (C=O) groups is 1. The van der Waals surface area contributed by atoms with Crippen molar-refractivity contribution in [2.45, 2.75) is 40.0 Å². The van der Waals surface area contributed by atoms with Crippen LogP contribution in [0.25, 0.3) is 0 Å². The van der Waals surface area contributed by atoms with Gasteiger partial charge in [-0.15, -0.1) is 0 Å². The van der Waals surface area contributed by atoms with E-state index in [2.05, 4.69) is 4.99 Å². The lowest BCUT2D eigenvalue weighted by Gasteiger charge is -2.10. The van der Waals surface area contributed by atoms with Gasteiger partial charge in [-0.2, -0.15) is 0 Å². The Bertz CT molecular complexity index is 265. The van der Waals surface area contributed by atoms with Gasteiger partial charge in [0.1, 0.15) is 12.5 Å². The van der Waals surface area contributed by atoms with Gasteiger partial charge in [0.15, 0.2) is 0 Å². The molecule has 0 aliphatic rings. The zero-order valence-corrected chi connectivity index (χ0v) is 9.81. The molecule has 0 radical (unpaired) electrons. The van der Waals surface area contributed by atoms with Crippen molar-refractivity contribution in [3.05, 3.63) is 23.8 Å². The van der Waals surface area contributed by atoms with Crippen LogP contribution in [0.3, 0.4) is 0 Å². The Hall–Kier alpha value is -1.22. The second kappa shape index (κ2) is 8.12. The van der Waals surface area contributed by atoms with E-state index in [0.29, 0.717) is 5.57 Å². The van der Waals surface area contributed by atoms with E-state index in [4.69, 9.17) is 4.74 Å². The third-order valence-electron chi connectivity index (χ3n) is 1.61. The van der Waals surface area contributed by atoms with Crippen molar-refractivity contribution >= 4 is 12.5 Å². The quantitative estimate of drug-likeness (QED) is 0.292. The van der Waals surface area contributed by atoms with Crippen LogP contribution >= 0.6 is 0 Å². The maximum absolute atomic E-state index is 10.4. The summed E-state index contributed by atoms with van der Waals surface area (Å²) in [5.41, 5.74) is 0.638. The first-order valence-electron chi connectivity index (χ1n) is 5.07. The van der Waals surface area contributed by atoms with Gasteiger partial charge in [0.25, 0.3) is 0 Å². The van der Waals surface area contributed by atoms with Crippen LogP contribution in [0.1, 0.15) is 27.7 Å². The molecule has 3 heteroatoms. The van der Waals surface area contributed by atoms with Crippen LogP contribution in [0.15, 0.2) is 28.8 Å². The monoisotopic (exact) mass is 209 g/mol. The van der Waals surface area contributed by atoms with E-state index in [0.717, 1.165) is 6.29 Å². The number of aliphatic imine (C=N–C) groups is 1. The first-order chi connectivity index (χ1) is 7.10. The molecule has 0 aliphatic heterocycles. The molecule has 0 saturated carbocycles. The summed E-state index contributed by atoms with van der Waals surface area (Å²) in [6.07, 6.45) is 7.63. The number of rotatable bonds is 6. The van der Waals surface area contributed by atoms with Crippen molar-refractivity contribution in [1.29, 1.82) is 0 Å². The molecule has 1 atom stereocenters. The average molecular weight is 209 g/mol. The fourth-order valence-corrected chi connectivity index (χ4v) is 0.958. The standard InChI is InChI=1S/C12H19NO2/c1-5-12(9-14)7-6-8-13-11(4)15-10(2)3/h5-11H,1-4H3/b7-6-,12-5+,13-8?. The lowest BCUT2D eigenvalue weighted by atomic mass is 10.2. The van der Waals surface area contributed by atoms with Gasteiger partial charge < -0.3 is 4.74 Å². The number of hydrogen-bond acceptors (Lipinski definition) is 3. The van der Waals surface area contributed by atoms with E-state index in [1.807, 2.05) is 27.7 Å². The summed E-state index contributed by atoms with van der Waals surface area (Å²) >= 11 is 0. The minimum Gasteiger partial charge on any atom is -0.354 e. The van der Waals surface area contributed by atoms with Gasteiger partial charge in [-0.3, -0.25) is 9.79 Å². The van der Waals surface area contributed by atoms with E-state index in [9.17, 15) is 4.79 Å². The molecule has 84 valence electrons. The summed E-state index contributed by atoms with van der Waals surface area (Å²) in [6.45, 7) is 7.62. The second-order valence-corrected chi connectivity index (χ2v) is 3.35. The number of nitrogens with zero attached hydrogens (tertiary/aromatic N) is 1. The molecule has 0 N–H and O–H groups in total. The molecule has 0 aliphatic carbocycles. The maximum Gasteiger partial charge on any atom is 0.149 e. The smallest absolute Gasteiger partial charge is 0.149 e. The van der Waals surface area contributed by atoms with Crippen molar-refractivity contribution < 1.29 is 9.53 Å². The molecular formula is C12H19NO2. The second-order valence-electron chi connectivity index (χ2n) is 3.35. The molecule has 3 nitrogen and oxygen atoms in total. The molecule has 0 spiro atoms. The molecule has 0 saturated heterocycles. The van der Waals surface area contributed by atoms with Gasteiger partial charge >= 0.3 is 0 Å². The summed E-state index contributed by atoms with van der Waals surface area (Å²) in [6, 6.07) is 0. The van der Waals surface area contributed by atoms with Gasteiger partial charge in [-0.25, -0.2) is 0 Å². The molecular weight excluding hydrogens is 190 g/mol. The predicted molar refractivity (Wildman–Crippen MR) is 63.1 cm³/mol. The Kier molecular flexibility index (Phi) is 7.46. The van der Waals surface area contributed by atoms with Crippen molar-refractivity contribution in [3.8, 4) is 0 Å². The SMILES string of the molecule is C/C=C(C=O)\C=C/C=NC(C)OC(C)C. The summed E-state index contributed by atoms with van der Waals surface area (Å²) < 4.78 is 5.39. The largest absolute Gasteiger partial charge is 0.354 e. The average Bonchev–Trinajstić information content (AvgIpc) is 2.17. The molecule has 1 unspecified atom stereocenters. The highest BCUT2D eigenvalue weighted by Crippen LogP contribution is 1.97. The molecule has 0 heterocycles. The molecule has 0 bridgehead atoms. The van der Waals surface area contributed by atoms with Crippen LogP contribution < -0.4 is 0 Å². The van der Waals surface area contributed by atoms with Crippen LogP contribution in [-0.4, -0.2) is 24.8 Å². The van der Waals surface area contributed by atoms with Crippen LogP contribution in [0.4, 0.5) is 0 Å². The van der Waals surface area contributed by atoms with Crippen molar-refractivity contribution in [3.63, 3.8) is 0 Å². The Morgan fingerprint density at radius 3 is 2.47 bits per heavy atom. The van der Waals surface area contributed by atoms with E-state index in [-0.39, 0.29) is 12.3 Å². The summed E-state index contributed by atoms with van der Waals surface area (Å²) in [4.78, 5) is 14.5. The van der Waals surface area contributed by atoms with Crippen LogP contribution in [0.5, 0.6) is 0 Å². The van der Waals surface area contributed by atoms with Crippen LogP contribution in [0, 0.1) is 0 Å². The lowest BCUT2D eigenvalue weighted by molar-refractivity contribution is -0.104. The molecule has 15 heavy (non-hydrogen) atoms. The molecule has 0 rings (SSSR count). The highest BCUT2D eigenvalue weighted by atomic mass is 16.5. The molecule has 0 aromatic carbocycles. The highest BCUT2D eigenvalue weighted by Gasteiger charge is 1.98. The van der Waals surface area contributed by atoms with E-state index in [1.54, 1.807) is 24.4 Å². The Labute approximate surface area is 91.5 Å². The number of allylic oxidation sites excluding steroid dienone is 4.